The van der Waals surface area contributed by atoms with Crippen LogP contribution in [-0.2, 0) is 14.3 Å². The number of fused-ring (bicyclic) bond motifs is 1. The number of carbonyl (C=O) groups excluding carboxylic acids is 2. The van der Waals surface area contributed by atoms with E-state index in [0.717, 1.165) is 19.5 Å². The minimum Gasteiger partial charge on any atom is -0.454 e. The van der Waals surface area contributed by atoms with Crippen LogP contribution in [0.3, 0.4) is 0 Å². The number of rotatable bonds is 8. The molecule has 32 heavy (non-hydrogen) atoms. The molecule has 4 rings (SSSR count). The molecule has 3 heterocycles. The molecule has 3 N–H and O–H groups in total. The standard InChI is InChI=1S/C22H31N3O7/c26-13-20-17(24-22(28)15-1-4-18-19(11-15)31-14-30-18)3-2-16(32-20)5-6-23-21(27)12-25-7-9-29-10-8-25/h1,4,11,16-17,20,26H,2-3,5-10,12-14H2,(H,23,27)(H,24,28)/t16-,17+,20+/m1/s1. The van der Waals surface area contributed by atoms with E-state index >= 15 is 0 Å². The van der Waals surface area contributed by atoms with E-state index < -0.39 is 6.10 Å². The molecule has 0 spiro atoms. The van der Waals surface area contributed by atoms with Crippen LogP contribution in [0.4, 0.5) is 0 Å². The summed E-state index contributed by atoms with van der Waals surface area (Å²) < 4.78 is 21.9. The van der Waals surface area contributed by atoms with Crippen molar-refractivity contribution in [2.45, 2.75) is 37.5 Å². The van der Waals surface area contributed by atoms with Crippen LogP contribution in [0.1, 0.15) is 29.6 Å². The molecule has 0 bridgehead atoms. The lowest BCUT2D eigenvalue weighted by Gasteiger charge is -2.36. The number of carbonyl (C=O) groups is 2. The van der Waals surface area contributed by atoms with E-state index in [0.29, 0.717) is 56.2 Å². The highest BCUT2D eigenvalue weighted by Crippen LogP contribution is 2.32. The molecular weight excluding hydrogens is 418 g/mol. The van der Waals surface area contributed by atoms with Gasteiger partial charge in [-0.3, -0.25) is 14.5 Å². The highest BCUT2D eigenvalue weighted by molar-refractivity contribution is 5.95. The molecule has 3 atom stereocenters. The number of aliphatic hydroxyl groups excluding tert-OH is 1. The first-order chi connectivity index (χ1) is 15.6. The van der Waals surface area contributed by atoms with Crippen molar-refractivity contribution in [1.82, 2.24) is 15.5 Å². The summed E-state index contributed by atoms with van der Waals surface area (Å²) in [5.41, 5.74) is 0.469. The van der Waals surface area contributed by atoms with E-state index in [2.05, 4.69) is 15.5 Å². The van der Waals surface area contributed by atoms with Gasteiger partial charge in [-0.15, -0.1) is 0 Å². The molecule has 3 aliphatic rings. The summed E-state index contributed by atoms with van der Waals surface area (Å²) in [4.78, 5) is 26.9. The Morgan fingerprint density at radius 1 is 1.12 bits per heavy atom. The van der Waals surface area contributed by atoms with Crippen LogP contribution in [0.15, 0.2) is 18.2 Å². The van der Waals surface area contributed by atoms with Gasteiger partial charge in [0.05, 0.1) is 38.5 Å². The van der Waals surface area contributed by atoms with Crippen LogP contribution in [0, 0.1) is 0 Å². The molecule has 0 unspecified atom stereocenters. The second-order valence-electron chi connectivity index (χ2n) is 8.23. The zero-order chi connectivity index (χ0) is 22.3. The molecular formula is C22H31N3O7. The summed E-state index contributed by atoms with van der Waals surface area (Å²) in [5.74, 6) is 0.919. The Hall–Kier alpha value is -2.40. The van der Waals surface area contributed by atoms with Crippen molar-refractivity contribution in [1.29, 1.82) is 0 Å². The fourth-order valence-corrected chi connectivity index (χ4v) is 4.19. The first-order valence-electron chi connectivity index (χ1n) is 11.2. The summed E-state index contributed by atoms with van der Waals surface area (Å²) in [6.45, 7) is 3.73. The number of morpholine rings is 1. The van der Waals surface area contributed by atoms with E-state index in [1.165, 1.54) is 0 Å². The van der Waals surface area contributed by atoms with Crippen molar-refractivity contribution < 1.29 is 33.6 Å². The molecule has 10 nitrogen and oxygen atoms in total. The van der Waals surface area contributed by atoms with E-state index in [1.54, 1.807) is 18.2 Å². The SMILES string of the molecule is O=C(CN1CCOCC1)NCC[C@H]1CC[C@H](NC(=O)c2ccc3c(c2)OCO3)[C@H](CO)O1. The Kier molecular flexibility index (Phi) is 7.80. The Morgan fingerprint density at radius 3 is 2.75 bits per heavy atom. The number of benzene rings is 1. The minimum atomic E-state index is -0.490. The molecule has 10 heteroatoms. The molecule has 0 radical (unpaired) electrons. The van der Waals surface area contributed by atoms with Crippen molar-refractivity contribution >= 4 is 11.8 Å². The van der Waals surface area contributed by atoms with Crippen LogP contribution in [0.2, 0.25) is 0 Å². The zero-order valence-electron chi connectivity index (χ0n) is 18.1. The molecule has 1 aromatic carbocycles. The molecule has 2 amide bonds. The van der Waals surface area contributed by atoms with Crippen LogP contribution < -0.4 is 20.1 Å². The van der Waals surface area contributed by atoms with Gasteiger partial charge in [-0.2, -0.15) is 0 Å². The Labute approximate surface area is 187 Å². The lowest BCUT2D eigenvalue weighted by molar-refractivity contribution is -0.123. The molecule has 1 aromatic rings. The average molecular weight is 450 g/mol. The number of nitrogens with zero attached hydrogens (tertiary/aromatic N) is 1. The van der Waals surface area contributed by atoms with E-state index in [1.807, 2.05) is 0 Å². The second kappa shape index (κ2) is 11.0. The average Bonchev–Trinajstić information content (AvgIpc) is 3.28. The van der Waals surface area contributed by atoms with Crippen molar-refractivity contribution in [3.05, 3.63) is 23.8 Å². The van der Waals surface area contributed by atoms with E-state index in [9.17, 15) is 14.7 Å². The summed E-state index contributed by atoms with van der Waals surface area (Å²) in [6, 6.07) is 4.76. The lowest BCUT2D eigenvalue weighted by Crippen LogP contribution is -2.51. The number of ether oxygens (including phenoxy) is 4. The van der Waals surface area contributed by atoms with Crippen LogP contribution >= 0.6 is 0 Å². The molecule has 0 aromatic heterocycles. The van der Waals surface area contributed by atoms with Crippen LogP contribution in [-0.4, -0.2) is 92.9 Å². The van der Waals surface area contributed by atoms with E-state index in [4.69, 9.17) is 18.9 Å². The molecule has 0 aliphatic carbocycles. The normalized spacial score (nSPS) is 25.3. The number of hydrogen-bond acceptors (Lipinski definition) is 8. The summed E-state index contributed by atoms with van der Waals surface area (Å²) in [6.07, 6.45) is 1.52. The minimum absolute atomic E-state index is 0.00437. The predicted octanol–water partition coefficient (Wildman–Crippen LogP) is -0.108. The first-order valence-corrected chi connectivity index (χ1v) is 11.2. The third-order valence-corrected chi connectivity index (χ3v) is 6.01. The van der Waals surface area contributed by atoms with Gasteiger partial charge in [0.15, 0.2) is 11.5 Å². The van der Waals surface area contributed by atoms with Gasteiger partial charge in [0, 0.05) is 25.2 Å². The number of nitrogens with one attached hydrogen (secondary N) is 2. The quantitative estimate of drug-likeness (QED) is 0.503. The van der Waals surface area contributed by atoms with Crippen LogP contribution in [0.5, 0.6) is 11.5 Å². The molecule has 0 saturated carbocycles. The first kappa shape index (κ1) is 22.8. The molecule has 2 fully saturated rings. The summed E-state index contributed by atoms with van der Waals surface area (Å²) in [7, 11) is 0. The van der Waals surface area contributed by atoms with Gasteiger partial charge in [-0.05, 0) is 37.5 Å². The van der Waals surface area contributed by atoms with Crippen molar-refractivity contribution in [2.75, 3.05) is 52.8 Å². The highest BCUT2D eigenvalue weighted by atomic mass is 16.7. The van der Waals surface area contributed by atoms with Gasteiger partial charge in [-0.1, -0.05) is 0 Å². The van der Waals surface area contributed by atoms with Gasteiger partial charge in [-0.25, -0.2) is 0 Å². The lowest BCUT2D eigenvalue weighted by atomic mass is 9.96. The van der Waals surface area contributed by atoms with Gasteiger partial charge in [0.25, 0.3) is 5.91 Å². The number of amides is 2. The maximum Gasteiger partial charge on any atom is 0.251 e. The Balaban J connectivity index is 1.19. The maximum absolute atomic E-state index is 12.7. The molecule has 2 saturated heterocycles. The van der Waals surface area contributed by atoms with Gasteiger partial charge in [0.2, 0.25) is 12.7 Å². The summed E-state index contributed by atoms with van der Waals surface area (Å²) in [5, 5.41) is 15.7. The van der Waals surface area contributed by atoms with Crippen LogP contribution in [0.25, 0.3) is 0 Å². The van der Waals surface area contributed by atoms with Gasteiger partial charge >= 0.3 is 0 Å². The summed E-state index contributed by atoms with van der Waals surface area (Å²) >= 11 is 0. The van der Waals surface area contributed by atoms with Crippen molar-refractivity contribution in [2.24, 2.45) is 0 Å². The Morgan fingerprint density at radius 2 is 1.94 bits per heavy atom. The second-order valence-corrected chi connectivity index (χ2v) is 8.23. The van der Waals surface area contributed by atoms with Gasteiger partial charge in [0.1, 0.15) is 6.10 Å². The van der Waals surface area contributed by atoms with E-state index in [-0.39, 0.29) is 37.4 Å². The fourth-order valence-electron chi connectivity index (χ4n) is 4.19. The zero-order valence-corrected chi connectivity index (χ0v) is 18.1. The maximum atomic E-state index is 12.7. The Bertz CT molecular complexity index is 800. The predicted molar refractivity (Wildman–Crippen MR) is 114 cm³/mol. The topological polar surface area (TPSA) is 119 Å². The number of aliphatic hydroxyl groups is 1. The van der Waals surface area contributed by atoms with Gasteiger partial charge < -0.3 is 34.7 Å². The smallest absolute Gasteiger partial charge is 0.251 e. The third kappa shape index (κ3) is 5.89. The van der Waals surface area contributed by atoms with Crippen molar-refractivity contribution in [3.8, 4) is 11.5 Å². The monoisotopic (exact) mass is 449 g/mol. The third-order valence-electron chi connectivity index (χ3n) is 6.01. The highest BCUT2D eigenvalue weighted by Gasteiger charge is 2.32. The van der Waals surface area contributed by atoms with Crippen molar-refractivity contribution in [3.63, 3.8) is 0 Å². The largest absolute Gasteiger partial charge is 0.454 e. The fraction of sp³-hybridized carbons (Fsp3) is 0.636. The molecule has 176 valence electrons. The number of hydrogen-bond donors (Lipinski definition) is 3. The molecule has 3 aliphatic heterocycles.